The van der Waals surface area contributed by atoms with Gasteiger partial charge >= 0.3 is 0 Å². The molecule has 0 aliphatic carbocycles. The molecule has 6 heteroatoms. The Balaban J connectivity index is 1.70. The van der Waals surface area contributed by atoms with E-state index in [1.807, 2.05) is 25.1 Å². The third-order valence-corrected chi connectivity index (χ3v) is 4.69. The van der Waals surface area contributed by atoms with E-state index in [0.29, 0.717) is 19.8 Å². The zero-order valence-electron chi connectivity index (χ0n) is 16.2. The zero-order valence-corrected chi connectivity index (χ0v) is 16.2. The molecule has 0 spiro atoms. The van der Waals surface area contributed by atoms with Crippen molar-refractivity contribution < 1.29 is 19.0 Å². The summed E-state index contributed by atoms with van der Waals surface area (Å²) in [5.41, 5.74) is 1.20. The molecule has 26 heavy (non-hydrogen) atoms. The van der Waals surface area contributed by atoms with Crippen molar-refractivity contribution in [3.63, 3.8) is 0 Å². The van der Waals surface area contributed by atoms with Gasteiger partial charge in [0, 0.05) is 37.8 Å². The lowest BCUT2D eigenvalue weighted by Crippen LogP contribution is -2.47. The molecule has 1 amide bonds. The summed E-state index contributed by atoms with van der Waals surface area (Å²) < 4.78 is 16.2. The Morgan fingerprint density at radius 3 is 2.69 bits per heavy atom. The van der Waals surface area contributed by atoms with Crippen molar-refractivity contribution in [3.8, 4) is 5.75 Å². The highest BCUT2D eigenvalue weighted by molar-refractivity contribution is 5.80. The SMILES string of the molecule is CCOCCOC(C)C(=O)NC1CCN(Cc2ccccc2OC)CC1. The maximum atomic E-state index is 12.2. The van der Waals surface area contributed by atoms with Crippen molar-refractivity contribution in [2.45, 2.75) is 45.4 Å². The van der Waals surface area contributed by atoms with Gasteiger partial charge in [0.2, 0.25) is 5.91 Å². The fourth-order valence-corrected chi connectivity index (χ4v) is 3.13. The predicted octanol–water partition coefficient (Wildman–Crippen LogP) is 2.22. The third-order valence-electron chi connectivity index (χ3n) is 4.69. The molecule has 0 radical (unpaired) electrons. The highest BCUT2D eigenvalue weighted by Crippen LogP contribution is 2.21. The summed E-state index contributed by atoms with van der Waals surface area (Å²) >= 11 is 0. The number of piperidine rings is 1. The summed E-state index contributed by atoms with van der Waals surface area (Å²) in [7, 11) is 1.71. The number of ether oxygens (including phenoxy) is 3. The maximum Gasteiger partial charge on any atom is 0.249 e. The molecule has 0 bridgehead atoms. The van der Waals surface area contributed by atoms with E-state index in [-0.39, 0.29) is 11.9 Å². The minimum atomic E-state index is -0.443. The van der Waals surface area contributed by atoms with Crippen molar-refractivity contribution in [1.82, 2.24) is 10.2 Å². The number of benzene rings is 1. The lowest BCUT2D eigenvalue weighted by atomic mass is 10.0. The number of rotatable bonds is 10. The van der Waals surface area contributed by atoms with Crippen LogP contribution in [0.15, 0.2) is 24.3 Å². The van der Waals surface area contributed by atoms with E-state index in [9.17, 15) is 4.79 Å². The van der Waals surface area contributed by atoms with Crippen LogP contribution in [0.2, 0.25) is 0 Å². The number of hydrogen-bond donors (Lipinski definition) is 1. The molecule has 1 atom stereocenters. The van der Waals surface area contributed by atoms with E-state index >= 15 is 0 Å². The van der Waals surface area contributed by atoms with E-state index in [4.69, 9.17) is 14.2 Å². The van der Waals surface area contributed by atoms with E-state index < -0.39 is 6.10 Å². The number of nitrogens with zero attached hydrogens (tertiary/aromatic N) is 1. The van der Waals surface area contributed by atoms with Crippen molar-refractivity contribution in [2.24, 2.45) is 0 Å². The highest BCUT2D eigenvalue weighted by Gasteiger charge is 2.23. The predicted molar refractivity (Wildman–Crippen MR) is 101 cm³/mol. The topological polar surface area (TPSA) is 60.0 Å². The van der Waals surface area contributed by atoms with Crippen LogP contribution in [0.1, 0.15) is 32.3 Å². The summed E-state index contributed by atoms with van der Waals surface area (Å²) in [5, 5.41) is 3.11. The quantitative estimate of drug-likeness (QED) is 0.645. The lowest BCUT2D eigenvalue weighted by molar-refractivity contribution is -0.133. The molecule has 1 unspecified atom stereocenters. The van der Waals surface area contributed by atoms with E-state index in [1.165, 1.54) is 5.56 Å². The monoisotopic (exact) mass is 364 g/mol. The van der Waals surface area contributed by atoms with Gasteiger partial charge in [-0.25, -0.2) is 0 Å². The van der Waals surface area contributed by atoms with Crippen molar-refractivity contribution in [2.75, 3.05) is 40.0 Å². The molecule has 146 valence electrons. The largest absolute Gasteiger partial charge is 0.496 e. The molecule has 1 fully saturated rings. The first kappa shape index (κ1) is 20.7. The second-order valence-corrected chi connectivity index (χ2v) is 6.58. The molecule has 6 nitrogen and oxygen atoms in total. The van der Waals surface area contributed by atoms with Crippen LogP contribution < -0.4 is 10.1 Å². The Hall–Kier alpha value is -1.63. The molecule has 0 aromatic heterocycles. The van der Waals surface area contributed by atoms with Crippen LogP contribution in [0.4, 0.5) is 0 Å². The minimum Gasteiger partial charge on any atom is -0.496 e. The molecule has 2 rings (SSSR count). The molecule has 1 aromatic carbocycles. The number of methoxy groups -OCH3 is 1. The van der Waals surface area contributed by atoms with Gasteiger partial charge in [0.05, 0.1) is 20.3 Å². The Morgan fingerprint density at radius 1 is 1.27 bits per heavy atom. The van der Waals surface area contributed by atoms with Crippen LogP contribution in [0.5, 0.6) is 5.75 Å². The summed E-state index contributed by atoms with van der Waals surface area (Å²) in [6.07, 6.45) is 1.46. The van der Waals surface area contributed by atoms with Crippen LogP contribution in [0, 0.1) is 0 Å². The highest BCUT2D eigenvalue weighted by atomic mass is 16.5. The smallest absolute Gasteiger partial charge is 0.249 e. The molecule has 1 N–H and O–H groups in total. The second kappa shape index (κ2) is 11.2. The van der Waals surface area contributed by atoms with Crippen molar-refractivity contribution in [1.29, 1.82) is 0 Å². The lowest BCUT2D eigenvalue weighted by Gasteiger charge is -2.33. The number of carbonyl (C=O) groups is 1. The van der Waals surface area contributed by atoms with Crippen molar-refractivity contribution in [3.05, 3.63) is 29.8 Å². The van der Waals surface area contributed by atoms with Gasteiger partial charge in [-0.1, -0.05) is 18.2 Å². The van der Waals surface area contributed by atoms with Gasteiger partial charge in [0.25, 0.3) is 0 Å². The van der Waals surface area contributed by atoms with E-state index in [2.05, 4.69) is 16.3 Å². The molecule has 1 aliphatic heterocycles. The minimum absolute atomic E-state index is 0.0373. The molecular formula is C20H32N2O4. The van der Waals surface area contributed by atoms with Gasteiger partial charge in [-0.05, 0) is 32.8 Å². The number of amides is 1. The van der Waals surface area contributed by atoms with Crippen LogP contribution in [-0.4, -0.2) is 63.0 Å². The van der Waals surface area contributed by atoms with Crippen LogP contribution in [0.25, 0.3) is 0 Å². The zero-order chi connectivity index (χ0) is 18.8. The summed E-state index contributed by atoms with van der Waals surface area (Å²) in [5.74, 6) is 0.894. The number of nitrogens with one attached hydrogen (secondary N) is 1. The van der Waals surface area contributed by atoms with Crippen LogP contribution in [0.3, 0.4) is 0 Å². The van der Waals surface area contributed by atoms with Gasteiger partial charge in [-0.3, -0.25) is 9.69 Å². The van der Waals surface area contributed by atoms with Crippen LogP contribution in [-0.2, 0) is 20.8 Å². The molecule has 1 saturated heterocycles. The number of likely N-dealkylation sites (tertiary alicyclic amines) is 1. The average molecular weight is 364 g/mol. The van der Waals surface area contributed by atoms with Gasteiger partial charge in [0.1, 0.15) is 11.9 Å². The summed E-state index contributed by atoms with van der Waals surface area (Å²) in [6, 6.07) is 8.34. The number of carbonyl (C=O) groups excluding carboxylic acids is 1. The van der Waals surface area contributed by atoms with Gasteiger partial charge in [-0.15, -0.1) is 0 Å². The molecule has 0 saturated carbocycles. The third kappa shape index (κ3) is 6.59. The first-order valence-corrected chi connectivity index (χ1v) is 9.48. The van der Waals surface area contributed by atoms with Gasteiger partial charge < -0.3 is 19.5 Å². The summed E-state index contributed by atoms with van der Waals surface area (Å²) in [4.78, 5) is 14.6. The normalized spacial score (nSPS) is 17.0. The first-order chi connectivity index (χ1) is 12.6. The molecule has 1 aromatic rings. The Labute approximate surface area is 156 Å². The second-order valence-electron chi connectivity index (χ2n) is 6.58. The standard InChI is InChI=1S/C20H32N2O4/c1-4-25-13-14-26-16(2)20(23)21-18-9-11-22(12-10-18)15-17-7-5-6-8-19(17)24-3/h5-8,16,18H,4,9-15H2,1-3H3,(H,21,23). The molecule has 1 aliphatic rings. The first-order valence-electron chi connectivity index (χ1n) is 9.48. The maximum absolute atomic E-state index is 12.2. The molecular weight excluding hydrogens is 332 g/mol. The molecule has 1 heterocycles. The van der Waals surface area contributed by atoms with Gasteiger partial charge in [-0.2, -0.15) is 0 Å². The van der Waals surface area contributed by atoms with E-state index in [0.717, 1.165) is 38.2 Å². The summed E-state index contributed by atoms with van der Waals surface area (Å²) in [6.45, 7) is 8.16. The van der Waals surface area contributed by atoms with E-state index in [1.54, 1.807) is 14.0 Å². The average Bonchev–Trinajstić information content (AvgIpc) is 2.67. The van der Waals surface area contributed by atoms with Crippen molar-refractivity contribution >= 4 is 5.91 Å². The van der Waals surface area contributed by atoms with Gasteiger partial charge in [0.15, 0.2) is 0 Å². The fraction of sp³-hybridized carbons (Fsp3) is 0.650. The fourth-order valence-electron chi connectivity index (χ4n) is 3.13. The number of hydrogen-bond acceptors (Lipinski definition) is 5. The Bertz CT molecular complexity index is 544. The number of para-hydroxylation sites is 1. The Kier molecular flexibility index (Phi) is 8.88. The van der Waals surface area contributed by atoms with Crippen LogP contribution >= 0.6 is 0 Å². The Morgan fingerprint density at radius 2 is 2.00 bits per heavy atom.